The van der Waals surface area contributed by atoms with Crippen LogP contribution in [-0.4, -0.2) is 15.0 Å². The van der Waals surface area contributed by atoms with Gasteiger partial charge in [-0.05, 0) is 24.6 Å². The van der Waals surface area contributed by atoms with E-state index in [1.807, 2.05) is 0 Å². The van der Waals surface area contributed by atoms with E-state index in [4.69, 9.17) is 5.21 Å². The Hall–Kier alpha value is -1.85. The van der Waals surface area contributed by atoms with Gasteiger partial charge >= 0.3 is 0 Å². The molecule has 0 unspecified atom stereocenters. The largest absolute Gasteiger partial charge is 0.427 e. The van der Waals surface area contributed by atoms with Crippen molar-refractivity contribution < 1.29 is 10.2 Å². The van der Waals surface area contributed by atoms with Gasteiger partial charge in [0.1, 0.15) is 0 Å². The molecule has 0 saturated heterocycles. The smallest absolute Gasteiger partial charge is 0.240 e. The van der Waals surface area contributed by atoms with Crippen LogP contribution in [0.4, 0.5) is 0 Å². The fourth-order valence-corrected chi connectivity index (χ4v) is 0.741. The lowest BCUT2D eigenvalue weighted by atomic mass is 10.3. The van der Waals surface area contributed by atoms with E-state index in [2.05, 4.69) is 5.10 Å². The normalized spacial score (nSPS) is 11.6. The van der Waals surface area contributed by atoms with Crippen LogP contribution < -0.4 is 5.49 Å². The van der Waals surface area contributed by atoms with Crippen LogP contribution in [0.5, 0.6) is 0 Å². The standard InChI is InChI=1S/C6H7N3O3/c1-5-2-3-8(10)6(4-5)7-9(11)12/h2-4,10H,1H3. The summed E-state index contributed by atoms with van der Waals surface area (Å²) in [5.41, 5.74) is 0.695. The minimum Gasteiger partial charge on any atom is -0.427 e. The monoisotopic (exact) mass is 169 g/mol. The molecule has 0 saturated carbocycles. The first-order valence-electron chi connectivity index (χ1n) is 3.17. The van der Waals surface area contributed by atoms with Crippen LogP contribution in [0.3, 0.4) is 0 Å². The number of pyridine rings is 1. The zero-order valence-corrected chi connectivity index (χ0v) is 6.34. The highest BCUT2D eigenvalue weighted by atomic mass is 16.7. The molecule has 64 valence electrons. The quantitative estimate of drug-likeness (QED) is 0.368. The second-order valence-corrected chi connectivity index (χ2v) is 2.24. The van der Waals surface area contributed by atoms with Crippen LogP contribution in [0.15, 0.2) is 23.4 Å². The first kappa shape index (κ1) is 8.25. The Morgan fingerprint density at radius 2 is 2.42 bits per heavy atom. The van der Waals surface area contributed by atoms with E-state index in [1.165, 1.54) is 12.3 Å². The first-order chi connectivity index (χ1) is 5.59. The average molecular weight is 169 g/mol. The number of nitro groups is 1. The van der Waals surface area contributed by atoms with Crippen molar-refractivity contribution in [1.29, 1.82) is 0 Å². The number of hydrogen-bond acceptors (Lipinski definition) is 3. The average Bonchev–Trinajstić information content (AvgIpc) is 1.96. The summed E-state index contributed by atoms with van der Waals surface area (Å²) in [4.78, 5) is 9.95. The van der Waals surface area contributed by atoms with Gasteiger partial charge in [0.15, 0.2) is 5.03 Å². The van der Waals surface area contributed by atoms with E-state index >= 15 is 0 Å². The molecule has 1 aromatic heterocycles. The van der Waals surface area contributed by atoms with Gasteiger partial charge in [0, 0.05) is 6.20 Å². The number of aryl methyl sites for hydroxylation is 1. The molecule has 0 aliphatic carbocycles. The van der Waals surface area contributed by atoms with Crippen molar-refractivity contribution in [3.05, 3.63) is 39.5 Å². The van der Waals surface area contributed by atoms with Gasteiger partial charge in [0.05, 0.1) is 5.10 Å². The minimum atomic E-state index is -0.860. The molecule has 0 aliphatic rings. The predicted octanol–water partition coefficient (Wildman–Crippen LogP) is 0.126. The maximum absolute atomic E-state index is 9.95. The summed E-state index contributed by atoms with van der Waals surface area (Å²) in [6.45, 7) is 1.75. The van der Waals surface area contributed by atoms with Crippen molar-refractivity contribution in [3.8, 4) is 0 Å². The summed E-state index contributed by atoms with van der Waals surface area (Å²) in [5, 5.41) is 21.0. The van der Waals surface area contributed by atoms with Crippen LogP contribution in [0.25, 0.3) is 0 Å². The lowest BCUT2D eigenvalue weighted by Gasteiger charge is -1.95. The van der Waals surface area contributed by atoms with Crippen LogP contribution in [-0.2, 0) is 0 Å². The summed E-state index contributed by atoms with van der Waals surface area (Å²) in [5.74, 6) is 0. The first-order valence-corrected chi connectivity index (χ1v) is 3.17. The number of aromatic nitrogens is 1. The number of rotatable bonds is 1. The maximum Gasteiger partial charge on any atom is 0.240 e. The Labute approximate surface area is 67.5 Å². The highest BCUT2D eigenvalue weighted by molar-refractivity contribution is 5.06. The molecule has 1 heterocycles. The maximum atomic E-state index is 9.95. The Bertz CT molecular complexity index is 369. The third-order valence-corrected chi connectivity index (χ3v) is 1.25. The fourth-order valence-electron chi connectivity index (χ4n) is 0.741. The van der Waals surface area contributed by atoms with Crippen molar-refractivity contribution in [2.75, 3.05) is 0 Å². The molecule has 0 aromatic carbocycles. The Morgan fingerprint density at radius 3 is 3.00 bits per heavy atom. The van der Waals surface area contributed by atoms with Gasteiger partial charge < -0.3 is 5.21 Å². The molecule has 12 heavy (non-hydrogen) atoms. The Morgan fingerprint density at radius 1 is 1.75 bits per heavy atom. The summed E-state index contributed by atoms with van der Waals surface area (Å²) in [7, 11) is 0. The van der Waals surface area contributed by atoms with Crippen LogP contribution >= 0.6 is 0 Å². The lowest BCUT2D eigenvalue weighted by Crippen LogP contribution is -2.19. The van der Waals surface area contributed by atoms with Gasteiger partial charge in [-0.3, -0.25) is 0 Å². The van der Waals surface area contributed by atoms with E-state index < -0.39 is 5.03 Å². The molecule has 0 aliphatic heterocycles. The van der Waals surface area contributed by atoms with E-state index in [1.54, 1.807) is 13.0 Å². The summed E-state index contributed by atoms with van der Waals surface area (Å²) in [6.07, 6.45) is 1.29. The van der Waals surface area contributed by atoms with Gasteiger partial charge in [-0.15, -0.1) is 0 Å². The van der Waals surface area contributed by atoms with Crippen molar-refractivity contribution in [2.45, 2.75) is 6.92 Å². The summed E-state index contributed by atoms with van der Waals surface area (Å²) < 4.78 is 0.593. The fraction of sp³-hybridized carbons (Fsp3) is 0.167. The molecule has 1 rings (SSSR count). The summed E-state index contributed by atoms with van der Waals surface area (Å²) >= 11 is 0. The molecule has 6 nitrogen and oxygen atoms in total. The minimum absolute atomic E-state index is 0.0972. The second kappa shape index (κ2) is 3.04. The second-order valence-electron chi connectivity index (χ2n) is 2.24. The lowest BCUT2D eigenvalue weighted by molar-refractivity contribution is -0.491. The molecule has 0 fully saturated rings. The number of nitrogens with zero attached hydrogens (tertiary/aromatic N) is 3. The molecule has 6 heteroatoms. The van der Waals surface area contributed by atoms with Crippen molar-refractivity contribution in [2.24, 2.45) is 5.10 Å². The van der Waals surface area contributed by atoms with Gasteiger partial charge in [0.2, 0.25) is 5.49 Å². The van der Waals surface area contributed by atoms with Crippen molar-refractivity contribution in [3.63, 3.8) is 0 Å². The number of hydrogen-bond donors (Lipinski definition) is 1. The highest BCUT2D eigenvalue weighted by Gasteiger charge is 1.95. The zero-order chi connectivity index (χ0) is 9.14. The van der Waals surface area contributed by atoms with Crippen molar-refractivity contribution in [1.82, 2.24) is 4.73 Å². The van der Waals surface area contributed by atoms with E-state index in [0.29, 0.717) is 4.73 Å². The highest BCUT2D eigenvalue weighted by Crippen LogP contribution is 1.88. The molecular weight excluding hydrogens is 162 g/mol. The third kappa shape index (κ3) is 1.82. The van der Waals surface area contributed by atoms with Crippen LogP contribution in [0, 0.1) is 17.0 Å². The Balaban J connectivity index is 3.32. The van der Waals surface area contributed by atoms with Gasteiger partial charge in [-0.1, -0.05) is 0 Å². The van der Waals surface area contributed by atoms with Gasteiger partial charge in [-0.2, -0.15) is 4.73 Å². The molecule has 0 bridgehead atoms. The zero-order valence-electron chi connectivity index (χ0n) is 6.34. The van der Waals surface area contributed by atoms with E-state index in [0.717, 1.165) is 5.56 Å². The van der Waals surface area contributed by atoms with Gasteiger partial charge in [-0.25, -0.2) is 10.1 Å². The molecule has 0 amide bonds. The molecule has 1 aromatic rings. The molecule has 0 spiro atoms. The molecule has 0 radical (unpaired) electrons. The predicted molar refractivity (Wildman–Crippen MR) is 38.9 cm³/mol. The van der Waals surface area contributed by atoms with Gasteiger partial charge in [0.25, 0.3) is 0 Å². The molecule has 0 atom stereocenters. The van der Waals surface area contributed by atoms with E-state index in [9.17, 15) is 10.1 Å². The SMILES string of the molecule is Cc1ccn(O)c(=N[N+](=O)[O-])c1. The Kier molecular flexibility index (Phi) is 2.09. The topological polar surface area (TPSA) is 80.7 Å². The van der Waals surface area contributed by atoms with Crippen LogP contribution in [0.1, 0.15) is 5.56 Å². The molecular formula is C6H7N3O3. The van der Waals surface area contributed by atoms with Crippen molar-refractivity contribution >= 4 is 0 Å². The summed E-state index contributed by atoms with van der Waals surface area (Å²) in [6, 6.07) is 3.02. The van der Waals surface area contributed by atoms with Crippen LogP contribution in [0.2, 0.25) is 0 Å². The third-order valence-electron chi connectivity index (χ3n) is 1.25. The van der Waals surface area contributed by atoms with E-state index in [-0.39, 0.29) is 5.49 Å². The molecule has 1 N–H and O–H groups in total.